The quantitative estimate of drug-likeness (QED) is 0.715. The molecule has 0 fully saturated rings. The van der Waals surface area contributed by atoms with Gasteiger partial charge in [-0.15, -0.1) is 0 Å². The standard InChI is InChI=1S/C20H23N3/c1-17(7-8-18-5-3-2-4-6-18)22-15-19-9-11-20(12-10-19)23-14-13-21-16-23/h2-6,9-14,16-17,22H,7-8,15H2,1H3. The van der Waals surface area contributed by atoms with Gasteiger partial charge in [0.2, 0.25) is 0 Å². The molecule has 0 aliphatic heterocycles. The number of nitrogens with one attached hydrogen (secondary N) is 1. The number of aromatic nitrogens is 2. The normalized spacial score (nSPS) is 12.2. The molecule has 0 saturated carbocycles. The first kappa shape index (κ1) is 15.5. The number of nitrogens with zero attached hydrogens (tertiary/aromatic N) is 2. The van der Waals surface area contributed by atoms with E-state index >= 15 is 0 Å². The third kappa shape index (κ3) is 4.54. The molecule has 3 nitrogen and oxygen atoms in total. The van der Waals surface area contributed by atoms with Gasteiger partial charge in [0.25, 0.3) is 0 Å². The number of rotatable bonds is 7. The molecule has 1 unspecified atom stereocenters. The second-order valence-electron chi connectivity index (χ2n) is 5.94. The number of hydrogen-bond acceptors (Lipinski definition) is 2. The number of aryl methyl sites for hydroxylation is 1. The summed E-state index contributed by atoms with van der Waals surface area (Å²) < 4.78 is 2.01. The third-order valence-corrected chi connectivity index (χ3v) is 4.10. The molecule has 1 heterocycles. The van der Waals surface area contributed by atoms with Crippen molar-refractivity contribution in [3.8, 4) is 5.69 Å². The van der Waals surface area contributed by atoms with Crippen molar-refractivity contribution in [1.82, 2.24) is 14.9 Å². The Morgan fingerprint density at radius 3 is 2.48 bits per heavy atom. The molecule has 0 amide bonds. The van der Waals surface area contributed by atoms with E-state index in [-0.39, 0.29) is 0 Å². The van der Waals surface area contributed by atoms with Crippen molar-refractivity contribution in [2.45, 2.75) is 32.4 Å². The van der Waals surface area contributed by atoms with Gasteiger partial charge >= 0.3 is 0 Å². The number of imidazole rings is 1. The van der Waals surface area contributed by atoms with Crippen LogP contribution in [0.15, 0.2) is 73.3 Å². The molecule has 118 valence electrons. The first-order valence-electron chi connectivity index (χ1n) is 8.16. The summed E-state index contributed by atoms with van der Waals surface area (Å²) in [5.74, 6) is 0. The van der Waals surface area contributed by atoms with Gasteiger partial charge in [-0.3, -0.25) is 0 Å². The topological polar surface area (TPSA) is 29.9 Å². The van der Waals surface area contributed by atoms with Gasteiger partial charge in [0.05, 0.1) is 6.33 Å². The largest absolute Gasteiger partial charge is 0.310 e. The summed E-state index contributed by atoms with van der Waals surface area (Å²) in [5.41, 5.74) is 3.86. The van der Waals surface area contributed by atoms with Crippen LogP contribution in [0.5, 0.6) is 0 Å². The first-order valence-corrected chi connectivity index (χ1v) is 8.16. The summed E-state index contributed by atoms with van der Waals surface area (Å²) >= 11 is 0. The van der Waals surface area contributed by atoms with Crippen molar-refractivity contribution >= 4 is 0 Å². The van der Waals surface area contributed by atoms with Crippen molar-refractivity contribution in [3.63, 3.8) is 0 Å². The second-order valence-corrected chi connectivity index (χ2v) is 5.94. The van der Waals surface area contributed by atoms with Crippen molar-refractivity contribution in [2.75, 3.05) is 0 Å². The summed E-state index contributed by atoms with van der Waals surface area (Å²) in [5, 5.41) is 3.60. The summed E-state index contributed by atoms with van der Waals surface area (Å²) in [6, 6.07) is 19.8. The Kier molecular flexibility index (Phi) is 5.22. The molecular weight excluding hydrogens is 282 g/mol. The van der Waals surface area contributed by atoms with E-state index in [1.807, 2.05) is 17.1 Å². The van der Waals surface area contributed by atoms with Crippen LogP contribution >= 0.6 is 0 Å². The molecule has 3 aromatic rings. The van der Waals surface area contributed by atoms with Gasteiger partial charge < -0.3 is 9.88 Å². The summed E-state index contributed by atoms with van der Waals surface area (Å²) in [7, 11) is 0. The Balaban J connectivity index is 1.46. The first-order chi connectivity index (χ1) is 11.3. The Bertz CT molecular complexity index is 688. The fourth-order valence-electron chi connectivity index (χ4n) is 2.62. The maximum Gasteiger partial charge on any atom is 0.0991 e. The van der Waals surface area contributed by atoms with E-state index in [1.54, 1.807) is 6.20 Å². The molecule has 1 aromatic heterocycles. The highest BCUT2D eigenvalue weighted by Crippen LogP contribution is 2.10. The highest BCUT2D eigenvalue weighted by atomic mass is 15.0. The van der Waals surface area contributed by atoms with E-state index in [0.717, 1.165) is 25.1 Å². The lowest BCUT2D eigenvalue weighted by atomic mass is 10.1. The van der Waals surface area contributed by atoms with Crippen molar-refractivity contribution in [3.05, 3.63) is 84.4 Å². The summed E-state index contributed by atoms with van der Waals surface area (Å²) in [4.78, 5) is 4.08. The summed E-state index contributed by atoms with van der Waals surface area (Å²) in [6.45, 7) is 3.16. The van der Waals surface area contributed by atoms with Crippen molar-refractivity contribution in [2.24, 2.45) is 0 Å². The Morgan fingerprint density at radius 2 is 1.78 bits per heavy atom. The Labute approximate surface area is 138 Å². The molecule has 0 spiro atoms. The minimum atomic E-state index is 0.503. The zero-order valence-corrected chi connectivity index (χ0v) is 13.5. The zero-order chi connectivity index (χ0) is 15.9. The zero-order valence-electron chi connectivity index (χ0n) is 13.5. The highest BCUT2D eigenvalue weighted by molar-refractivity contribution is 5.34. The van der Waals surface area contributed by atoms with Gasteiger partial charge in [0.1, 0.15) is 0 Å². The molecule has 3 heteroatoms. The van der Waals surface area contributed by atoms with Gasteiger partial charge in [0.15, 0.2) is 0 Å². The molecule has 0 saturated heterocycles. The van der Waals surface area contributed by atoms with E-state index in [9.17, 15) is 0 Å². The van der Waals surface area contributed by atoms with Crippen LogP contribution in [0.1, 0.15) is 24.5 Å². The molecule has 2 aromatic carbocycles. The minimum Gasteiger partial charge on any atom is -0.310 e. The van der Waals surface area contributed by atoms with Crippen LogP contribution in [0.4, 0.5) is 0 Å². The number of hydrogen-bond donors (Lipinski definition) is 1. The van der Waals surface area contributed by atoms with Crippen LogP contribution < -0.4 is 5.32 Å². The molecule has 0 aliphatic carbocycles. The van der Waals surface area contributed by atoms with Crippen LogP contribution in [-0.4, -0.2) is 15.6 Å². The van der Waals surface area contributed by atoms with Gasteiger partial charge in [-0.05, 0) is 43.0 Å². The van der Waals surface area contributed by atoms with E-state index < -0.39 is 0 Å². The smallest absolute Gasteiger partial charge is 0.0991 e. The van der Waals surface area contributed by atoms with Crippen LogP contribution in [-0.2, 0) is 13.0 Å². The predicted molar refractivity (Wildman–Crippen MR) is 94.6 cm³/mol. The van der Waals surface area contributed by atoms with E-state index in [4.69, 9.17) is 0 Å². The molecule has 23 heavy (non-hydrogen) atoms. The van der Waals surface area contributed by atoms with Crippen LogP contribution in [0.2, 0.25) is 0 Å². The van der Waals surface area contributed by atoms with Crippen LogP contribution in [0.3, 0.4) is 0 Å². The molecule has 1 atom stereocenters. The molecular formula is C20H23N3. The van der Waals surface area contributed by atoms with E-state index in [0.29, 0.717) is 6.04 Å². The lowest BCUT2D eigenvalue weighted by molar-refractivity contribution is 0.514. The summed E-state index contributed by atoms with van der Waals surface area (Å²) in [6.07, 6.45) is 7.84. The maximum absolute atomic E-state index is 4.08. The van der Waals surface area contributed by atoms with Gasteiger partial charge in [0, 0.05) is 30.7 Å². The van der Waals surface area contributed by atoms with Gasteiger partial charge in [-0.1, -0.05) is 42.5 Å². The van der Waals surface area contributed by atoms with Gasteiger partial charge in [-0.2, -0.15) is 0 Å². The monoisotopic (exact) mass is 305 g/mol. The highest BCUT2D eigenvalue weighted by Gasteiger charge is 2.03. The second kappa shape index (κ2) is 7.75. The average molecular weight is 305 g/mol. The molecule has 0 bridgehead atoms. The number of benzene rings is 2. The van der Waals surface area contributed by atoms with Crippen molar-refractivity contribution < 1.29 is 0 Å². The lowest BCUT2D eigenvalue weighted by Crippen LogP contribution is -2.25. The maximum atomic E-state index is 4.08. The molecule has 0 radical (unpaired) electrons. The fourth-order valence-corrected chi connectivity index (χ4v) is 2.62. The SMILES string of the molecule is CC(CCc1ccccc1)NCc1ccc(-n2ccnc2)cc1. The van der Waals surface area contributed by atoms with Crippen LogP contribution in [0, 0.1) is 0 Å². The van der Waals surface area contributed by atoms with E-state index in [1.165, 1.54) is 11.1 Å². The third-order valence-electron chi connectivity index (χ3n) is 4.10. The predicted octanol–water partition coefficient (Wildman–Crippen LogP) is 3.98. The average Bonchev–Trinajstić information content (AvgIpc) is 3.14. The lowest BCUT2D eigenvalue weighted by Gasteiger charge is -2.14. The van der Waals surface area contributed by atoms with Crippen LogP contribution in [0.25, 0.3) is 5.69 Å². The molecule has 1 N–H and O–H groups in total. The van der Waals surface area contributed by atoms with Crippen molar-refractivity contribution in [1.29, 1.82) is 0 Å². The Hall–Kier alpha value is -2.39. The Morgan fingerprint density at radius 1 is 1.00 bits per heavy atom. The van der Waals surface area contributed by atoms with E-state index in [2.05, 4.69) is 71.8 Å². The fraction of sp³-hybridized carbons (Fsp3) is 0.250. The van der Waals surface area contributed by atoms with Gasteiger partial charge in [-0.25, -0.2) is 4.98 Å². The minimum absolute atomic E-state index is 0.503. The molecule has 0 aliphatic rings. The molecule has 3 rings (SSSR count).